The number of esters is 2. The minimum absolute atomic E-state index is 0.0492. The minimum Gasteiger partial charge on any atom is -0.462 e. The summed E-state index contributed by atoms with van der Waals surface area (Å²) in [5.41, 5.74) is 24.0. The fourth-order valence-electron chi connectivity index (χ4n) is 16.1. The second-order valence-electron chi connectivity index (χ2n) is 28.3. The monoisotopic (exact) mass is 1500 g/mol. The number of ether oxygens (including phenoxy) is 4. The van der Waals surface area contributed by atoms with Crippen LogP contribution in [0, 0.1) is 0 Å². The van der Waals surface area contributed by atoms with Crippen LogP contribution in [0.4, 0.5) is 102 Å². The Morgan fingerprint density at radius 2 is 0.483 bits per heavy atom. The third-order valence-electron chi connectivity index (χ3n) is 21.3. The second kappa shape index (κ2) is 31.0. The first kappa shape index (κ1) is 70.9. The Hall–Kier alpha value is -15.4. The number of carbonyl (C=O) groups excluding carboxylic acids is 2. The van der Waals surface area contributed by atoms with E-state index < -0.39 is 11.9 Å². The molecule has 0 unspecified atom stereocenters. The molecule has 0 atom stereocenters. The standard InChI is InChI=1S/C104H76N6O6/c1-3-113-103(111)102(104(112)114-4-2)101-91-65-73(71-45-51-83(52-46-71)109-93-61-55-85(105(75-29-13-5-14-30-75)76-31-15-6-16-32-76)67-97(93)115-98-68-86(56-62-94(98)109)106(77-33-17-7-18-34-77)78-35-19-8-20-36-78)49-59-89(91)90-60-50-74(66-92(90)101)72-47-53-84(54-48-72)110-95-63-57-87(107(79-37-21-9-22-38-79)80-39-23-10-24-40-80)69-99(95)116-100-70-88(58-64-96(100)110)108(81-41-25-11-26-42-81)82-43-27-12-28-44-82/h5-70H,3-4H2,1-2H3. The molecule has 2 aliphatic heterocycles. The second-order valence-corrected chi connectivity index (χ2v) is 28.3. The van der Waals surface area contributed by atoms with Gasteiger partial charge in [-0.2, -0.15) is 0 Å². The van der Waals surface area contributed by atoms with Crippen LogP contribution in [0.5, 0.6) is 23.0 Å². The fourth-order valence-corrected chi connectivity index (χ4v) is 16.1. The lowest BCUT2D eigenvalue weighted by Crippen LogP contribution is -2.20. The summed E-state index contributed by atoms with van der Waals surface area (Å²) in [4.78, 5) is 42.7. The van der Waals surface area contributed by atoms with Gasteiger partial charge in [0, 0.05) is 109 Å². The van der Waals surface area contributed by atoms with Gasteiger partial charge in [-0.3, -0.25) is 0 Å². The van der Waals surface area contributed by atoms with Crippen molar-refractivity contribution in [2.75, 3.05) is 42.6 Å². The van der Waals surface area contributed by atoms with Gasteiger partial charge in [0.1, 0.15) is 0 Å². The van der Waals surface area contributed by atoms with Crippen molar-refractivity contribution in [3.63, 3.8) is 0 Å². The van der Waals surface area contributed by atoms with Gasteiger partial charge >= 0.3 is 11.9 Å². The quantitative estimate of drug-likeness (QED) is 0.0315. The highest BCUT2D eigenvalue weighted by atomic mass is 16.6. The van der Waals surface area contributed by atoms with Crippen LogP contribution in [0.2, 0.25) is 0 Å². The molecule has 0 bridgehead atoms. The van der Waals surface area contributed by atoms with Crippen molar-refractivity contribution in [1.29, 1.82) is 0 Å². The number of nitrogens with zero attached hydrogens (tertiary/aromatic N) is 6. The number of anilines is 18. The molecule has 0 N–H and O–H groups in total. The van der Waals surface area contributed by atoms with Crippen molar-refractivity contribution < 1.29 is 28.5 Å². The van der Waals surface area contributed by atoms with Crippen LogP contribution in [0.15, 0.2) is 406 Å². The molecule has 3 aliphatic rings. The van der Waals surface area contributed by atoms with Gasteiger partial charge in [-0.05, 0) is 240 Å². The van der Waals surface area contributed by atoms with Gasteiger partial charge < -0.3 is 48.3 Å². The van der Waals surface area contributed by atoms with E-state index in [1.54, 1.807) is 13.8 Å². The molecule has 0 radical (unpaired) electrons. The van der Waals surface area contributed by atoms with Crippen molar-refractivity contribution in [1.82, 2.24) is 0 Å². The van der Waals surface area contributed by atoms with Gasteiger partial charge in [0.15, 0.2) is 28.6 Å². The summed E-state index contributed by atoms with van der Waals surface area (Å²) >= 11 is 0. The molecular weight excluding hydrogens is 1430 g/mol. The maximum absolute atomic E-state index is 14.6. The number of hydrogen-bond donors (Lipinski definition) is 0. The number of benzene rings is 16. The molecule has 12 nitrogen and oxygen atoms in total. The van der Waals surface area contributed by atoms with Crippen LogP contribution in [0.3, 0.4) is 0 Å². The Balaban J connectivity index is 0.687. The first-order chi connectivity index (χ1) is 57.3. The van der Waals surface area contributed by atoms with E-state index in [0.717, 1.165) is 136 Å². The Kier molecular flexibility index (Phi) is 19.0. The van der Waals surface area contributed by atoms with E-state index in [4.69, 9.17) is 18.9 Å². The van der Waals surface area contributed by atoms with Gasteiger partial charge in [0.05, 0.1) is 36.0 Å². The van der Waals surface area contributed by atoms with E-state index >= 15 is 0 Å². The molecule has 0 amide bonds. The normalized spacial score (nSPS) is 11.9. The van der Waals surface area contributed by atoms with Crippen molar-refractivity contribution in [2.45, 2.75) is 13.8 Å². The Morgan fingerprint density at radius 1 is 0.250 bits per heavy atom. The van der Waals surface area contributed by atoms with Crippen LogP contribution >= 0.6 is 0 Å². The summed E-state index contributed by atoms with van der Waals surface area (Å²) in [6.45, 7) is 3.58. The zero-order valence-electron chi connectivity index (χ0n) is 63.7. The molecule has 0 saturated heterocycles. The van der Waals surface area contributed by atoms with Gasteiger partial charge in [-0.1, -0.05) is 194 Å². The van der Waals surface area contributed by atoms with Gasteiger partial charge in [0.25, 0.3) is 0 Å². The lowest BCUT2D eigenvalue weighted by Gasteiger charge is -2.35. The molecule has 0 spiro atoms. The van der Waals surface area contributed by atoms with Crippen LogP contribution in [0.25, 0.3) is 39.0 Å². The predicted octanol–water partition coefficient (Wildman–Crippen LogP) is 28.0. The van der Waals surface area contributed by atoms with E-state index in [-0.39, 0.29) is 18.8 Å². The number of fused-ring (bicyclic) bond motifs is 7. The molecule has 558 valence electrons. The maximum atomic E-state index is 14.6. The van der Waals surface area contributed by atoms with Gasteiger partial charge in [-0.15, -0.1) is 0 Å². The van der Waals surface area contributed by atoms with Crippen LogP contribution in [0.1, 0.15) is 25.0 Å². The average Bonchev–Trinajstić information content (AvgIpc) is 1.24. The zero-order chi connectivity index (χ0) is 78.0. The smallest absolute Gasteiger partial charge is 0.346 e. The Morgan fingerprint density at radius 3 is 0.716 bits per heavy atom. The average molecular weight is 1510 g/mol. The fraction of sp³-hybridized carbons (Fsp3) is 0.0385. The molecule has 0 saturated carbocycles. The van der Waals surface area contributed by atoms with E-state index in [2.05, 4.69) is 381 Å². The summed E-state index contributed by atoms with van der Waals surface area (Å²) in [5, 5.41) is 0. The minimum atomic E-state index is -0.763. The van der Waals surface area contributed by atoms with Crippen molar-refractivity contribution in [3.8, 4) is 56.4 Å². The Labute approximate surface area is 674 Å². The van der Waals surface area contributed by atoms with E-state index in [1.165, 1.54) is 0 Å². The summed E-state index contributed by atoms with van der Waals surface area (Å²) in [6, 6.07) is 138. The number of carbonyl (C=O) groups is 2. The van der Waals surface area contributed by atoms with E-state index in [0.29, 0.717) is 39.7 Å². The van der Waals surface area contributed by atoms with Crippen molar-refractivity contribution in [2.24, 2.45) is 0 Å². The Bertz CT molecular complexity index is 5530. The molecule has 19 rings (SSSR count). The lowest BCUT2D eigenvalue weighted by molar-refractivity contribution is -0.146. The molecule has 2 heterocycles. The summed E-state index contributed by atoms with van der Waals surface area (Å²) in [5.74, 6) is 1.18. The van der Waals surface area contributed by atoms with Gasteiger partial charge in [-0.25, -0.2) is 9.59 Å². The van der Waals surface area contributed by atoms with E-state index in [1.807, 2.05) is 48.5 Å². The summed E-state index contributed by atoms with van der Waals surface area (Å²) < 4.78 is 25.9. The largest absolute Gasteiger partial charge is 0.462 e. The van der Waals surface area contributed by atoms with Crippen molar-refractivity contribution >= 4 is 120 Å². The number of rotatable bonds is 20. The van der Waals surface area contributed by atoms with Crippen molar-refractivity contribution in [3.05, 3.63) is 417 Å². The van der Waals surface area contributed by atoms with Crippen LogP contribution in [-0.2, 0) is 19.1 Å². The number of para-hydroxylation sites is 8. The molecule has 0 aromatic heterocycles. The zero-order valence-corrected chi connectivity index (χ0v) is 63.7. The highest BCUT2D eigenvalue weighted by Crippen LogP contribution is 2.58. The maximum Gasteiger partial charge on any atom is 0.346 e. The third-order valence-corrected chi connectivity index (χ3v) is 21.3. The third kappa shape index (κ3) is 13.4. The predicted molar refractivity (Wildman–Crippen MR) is 470 cm³/mol. The SMILES string of the molecule is CCOC(=O)C(C(=O)OCC)=C1c2cc(-c3ccc(N4c5ccc(N(c6ccccc6)c6ccccc6)cc5Oc5cc(N(c6ccccc6)c6ccccc6)ccc54)cc3)ccc2-c2ccc(-c3ccc(N4c5ccc(N(c6ccccc6)c6ccccc6)cc5Oc5cc(N(c6ccccc6)c6ccccc6)ccc54)cc3)cc21. The number of hydrogen-bond acceptors (Lipinski definition) is 12. The molecule has 12 heteroatoms. The van der Waals surface area contributed by atoms with Gasteiger partial charge in [0.2, 0.25) is 0 Å². The molecule has 16 aromatic rings. The summed E-state index contributed by atoms with van der Waals surface area (Å²) in [6.07, 6.45) is 0. The van der Waals surface area contributed by atoms with E-state index in [9.17, 15) is 9.59 Å². The topological polar surface area (TPSA) is 90.5 Å². The molecule has 116 heavy (non-hydrogen) atoms. The highest BCUT2D eigenvalue weighted by molar-refractivity contribution is 6.25. The summed E-state index contributed by atoms with van der Waals surface area (Å²) in [7, 11) is 0. The molecular formula is C104H76N6O6. The molecule has 0 fully saturated rings. The lowest BCUT2D eigenvalue weighted by atomic mass is 9.93. The highest BCUT2D eigenvalue weighted by Gasteiger charge is 2.37. The molecule has 16 aromatic carbocycles. The van der Waals surface area contributed by atoms with Crippen LogP contribution in [-0.4, -0.2) is 25.2 Å². The molecule has 1 aliphatic carbocycles. The first-order valence-electron chi connectivity index (χ1n) is 39.0. The van der Waals surface area contributed by atoms with Crippen LogP contribution < -0.4 is 38.9 Å². The first-order valence-corrected chi connectivity index (χ1v) is 39.0.